The summed E-state index contributed by atoms with van der Waals surface area (Å²) in [5.41, 5.74) is 2.57. The van der Waals surface area contributed by atoms with Crippen LogP contribution in [0.5, 0.6) is 0 Å². The van der Waals surface area contributed by atoms with Gasteiger partial charge in [-0.25, -0.2) is 9.37 Å². The number of nitrogens with zero attached hydrogens (tertiary/aromatic N) is 3. The molecule has 5 nitrogen and oxygen atoms in total. The summed E-state index contributed by atoms with van der Waals surface area (Å²) in [6.07, 6.45) is 2.46. The molecular formula is C21H23FN4OS. The first-order valence-electron chi connectivity index (χ1n) is 9.53. The zero-order valence-electron chi connectivity index (χ0n) is 16.0. The highest BCUT2D eigenvalue weighted by Crippen LogP contribution is 2.23. The molecule has 0 radical (unpaired) electrons. The Labute approximate surface area is 167 Å². The summed E-state index contributed by atoms with van der Waals surface area (Å²) >= 11 is 1.43. The predicted molar refractivity (Wildman–Crippen MR) is 110 cm³/mol. The molecule has 0 spiro atoms. The van der Waals surface area contributed by atoms with Crippen LogP contribution in [-0.4, -0.2) is 33.9 Å². The van der Waals surface area contributed by atoms with Gasteiger partial charge >= 0.3 is 0 Å². The molecule has 4 rings (SSSR count). The second kappa shape index (κ2) is 7.93. The van der Waals surface area contributed by atoms with Gasteiger partial charge in [-0.15, -0.1) is 11.3 Å². The highest BCUT2D eigenvalue weighted by Gasteiger charge is 2.18. The van der Waals surface area contributed by atoms with Crippen LogP contribution in [0.1, 0.15) is 41.5 Å². The molecule has 146 valence electrons. The van der Waals surface area contributed by atoms with Gasteiger partial charge in [-0.2, -0.15) is 0 Å². The first-order chi connectivity index (χ1) is 13.5. The molecule has 1 amide bonds. The van der Waals surface area contributed by atoms with E-state index in [0.29, 0.717) is 21.9 Å². The molecule has 28 heavy (non-hydrogen) atoms. The topological polar surface area (TPSA) is 58.1 Å². The lowest BCUT2D eigenvalue weighted by Gasteiger charge is -2.29. The number of piperidine rings is 1. The third-order valence-corrected chi connectivity index (χ3v) is 6.06. The van der Waals surface area contributed by atoms with Gasteiger partial charge in [0.1, 0.15) is 5.82 Å². The summed E-state index contributed by atoms with van der Waals surface area (Å²) in [6, 6.07) is 6.12. The Hall–Kier alpha value is -2.38. The van der Waals surface area contributed by atoms with E-state index < -0.39 is 0 Å². The lowest BCUT2D eigenvalue weighted by atomic mass is 9.99. The Morgan fingerprint density at radius 2 is 2.07 bits per heavy atom. The Bertz CT molecular complexity index is 1010. The molecule has 1 aliphatic rings. The number of carbonyl (C=O) groups is 1. The quantitative estimate of drug-likeness (QED) is 0.697. The molecule has 0 bridgehead atoms. The molecule has 7 heteroatoms. The number of pyridine rings is 1. The van der Waals surface area contributed by atoms with Crippen LogP contribution in [0.3, 0.4) is 0 Å². The lowest BCUT2D eigenvalue weighted by Crippen LogP contribution is -2.32. The van der Waals surface area contributed by atoms with Crippen LogP contribution in [-0.2, 0) is 6.54 Å². The van der Waals surface area contributed by atoms with Crippen LogP contribution in [0.4, 0.5) is 9.52 Å². The van der Waals surface area contributed by atoms with Crippen LogP contribution in [0.25, 0.3) is 10.9 Å². The predicted octanol–water partition coefficient (Wildman–Crippen LogP) is 4.62. The van der Waals surface area contributed by atoms with Gasteiger partial charge in [0.05, 0.1) is 22.5 Å². The van der Waals surface area contributed by atoms with E-state index >= 15 is 0 Å². The number of benzene rings is 1. The fraction of sp³-hybridized carbons (Fsp3) is 0.381. The summed E-state index contributed by atoms with van der Waals surface area (Å²) < 4.78 is 13.4. The molecular weight excluding hydrogens is 375 g/mol. The van der Waals surface area contributed by atoms with E-state index in [0.717, 1.165) is 36.6 Å². The number of hydrogen-bond acceptors (Lipinski definition) is 5. The number of carbonyl (C=O) groups excluding carboxylic acids is 1. The van der Waals surface area contributed by atoms with Gasteiger partial charge in [0, 0.05) is 23.4 Å². The molecule has 1 N–H and O–H groups in total. The number of nitrogens with one attached hydrogen (secondary N) is 1. The van der Waals surface area contributed by atoms with Crippen molar-refractivity contribution in [3.05, 3.63) is 52.4 Å². The van der Waals surface area contributed by atoms with E-state index in [1.807, 2.05) is 5.38 Å². The van der Waals surface area contributed by atoms with Crippen molar-refractivity contribution in [3.8, 4) is 0 Å². The monoisotopic (exact) mass is 398 g/mol. The molecule has 3 heterocycles. The molecule has 1 fully saturated rings. The number of aromatic nitrogens is 2. The average Bonchev–Trinajstić information content (AvgIpc) is 3.09. The van der Waals surface area contributed by atoms with Gasteiger partial charge in [0.15, 0.2) is 5.13 Å². The van der Waals surface area contributed by atoms with Crippen molar-refractivity contribution in [2.75, 3.05) is 18.4 Å². The average molecular weight is 399 g/mol. The van der Waals surface area contributed by atoms with Crippen molar-refractivity contribution in [1.82, 2.24) is 14.9 Å². The maximum absolute atomic E-state index is 13.4. The van der Waals surface area contributed by atoms with Crippen LogP contribution in [0.15, 0.2) is 29.6 Å². The molecule has 0 unspecified atom stereocenters. The summed E-state index contributed by atoms with van der Waals surface area (Å²) in [4.78, 5) is 24.1. The van der Waals surface area contributed by atoms with E-state index in [9.17, 15) is 9.18 Å². The Kier molecular flexibility index (Phi) is 5.37. The van der Waals surface area contributed by atoms with E-state index in [1.54, 1.807) is 19.1 Å². The minimum atomic E-state index is -0.338. The Morgan fingerprint density at radius 1 is 1.29 bits per heavy atom. The smallest absolute Gasteiger partial charge is 0.259 e. The minimum Gasteiger partial charge on any atom is -0.298 e. The van der Waals surface area contributed by atoms with Crippen LogP contribution in [0, 0.1) is 18.7 Å². The summed E-state index contributed by atoms with van der Waals surface area (Å²) in [7, 11) is 0. The van der Waals surface area contributed by atoms with Gasteiger partial charge in [-0.1, -0.05) is 6.92 Å². The number of rotatable bonds is 4. The fourth-order valence-corrected chi connectivity index (χ4v) is 4.21. The van der Waals surface area contributed by atoms with Gasteiger partial charge in [-0.05, 0) is 57.0 Å². The first-order valence-corrected chi connectivity index (χ1v) is 10.4. The van der Waals surface area contributed by atoms with E-state index in [1.165, 1.54) is 36.3 Å². The summed E-state index contributed by atoms with van der Waals surface area (Å²) in [6.45, 7) is 7.07. The summed E-state index contributed by atoms with van der Waals surface area (Å²) in [5.74, 6) is 0.218. The van der Waals surface area contributed by atoms with Crippen molar-refractivity contribution in [2.45, 2.75) is 33.2 Å². The number of fused-ring (bicyclic) bond motifs is 1. The minimum absolute atomic E-state index is 0.246. The number of thiazole rings is 1. The van der Waals surface area contributed by atoms with Crippen LogP contribution < -0.4 is 5.32 Å². The zero-order chi connectivity index (χ0) is 19.7. The van der Waals surface area contributed by atoms with Gasteiger partial charge in [0.25, 0.3) is 5.91 Å². The van der Waals surface area contributed by atoms with Crippen molar-refractivity contribution in [1.29, 1.82) is 0 Å². The third kappa shape index (κ3) is 4.20. The second-order valence-electron chi connectivity index (χ2n) is 7.52. The van der Waals surface area contributed by atoms with Crippen LogP contribution >= 0.6 is 11.3 Å². The SMILES string of the molecule is Cc1nc2cc(F)ccc2cc1C(=O)Nc1nc(CN2CCC(C)CC2)cs1. The van der Waals surface area contributed by atoms with Crippen molar-refractivity contribution >= 4 is 33.3 Å². The van der Waals surface area contributed by atoms with Crippen molar-refractivity contribution in [3.63, 3.8) is 0 Å². The standard InChI is InChI=1S/C21H23FN4OS/c1-13-5-7-26(8-6-13)11-17-12-28-21(24-17)25-20(27)18-9-15-3-4-16(22)10-19(15)23-14(18)2/h3-4,9-10,12-13H,5-8,11H2,1-2H3,(H,24,25,27). The molecule has 1 aliphatic heterocycles. The Balaban J connectivity index is 1.45. The van der Waals surface area contributed by atoms with E-state index in [-0.39, 0.29) is 11.7 Å². The Morgan fingerprint density at radius 3 is 2.86 bits per heavy atom. The van der Waals surface area contributed by atoms with Gasteiger partial charge in [0.2, 0.25) is 0 Å². The van der Waals surface area contributed by atoms with E-state index in [2.05, 4.69) is 27.1 Å². The molecule has 1 saturated heterocycles. The molecule has 2 aromatic heterocycles. The normalized spacial score (nSPS) is 15.8. The number of likely N-dealkylation sites (tertiary alicyclic amines) is 1. The zero-order valence-corrected chi connectivity index (χ0v) is 16.9. The molecule has 0 aliphatic carbocycles. The molecule has 0 atom stereocenters. The van der Waals surface area contributed by atoms with Crippen molar-refractivity contribution < 1.29 is 9.18 Å². The molecule has 3 aromatic rings. The van der Waals surface area contributed by atoms with Crippen molar-refractivity contribution in [2.24, 2.45) is 5.92 Å². The molecule has 0 saturated carbocycles. The van der Waals surface area contributed by atoms with Crippen LogP contribution in [0.2, 0.25) is 0 Å². The largest absolute Gasteiger partial charge is 0.298 e. The highest BCUT2D eigenvalue weighted by molar-refractivity contribution is 7.14. The van der Waals surface area contributed by atoms with Gasteiger partial charge in [-0.3, -0.25) is 20.0 Å². The maximum Gasteiger partial charge on any atom is 0.259 e. The summed E-state index contributed by atoms with van der Waals surface area (Å²) in [5, 5.41) is 6.20. The number of amides is 1. The van der Waals surface area contributed by atoms with Gasteiger partial charge < -0.3 is 0 Å². The second-order valence-corrected chi connectivity index (χ2v) is 8.37. The maximum atomic E-state index is 13.4. The number of anilines is 1. The number of halogens is 1. The lowest BCUT2D eigenvalue weighted by molar-refractivity contribution is 0.102. The number of hydrogen-bond donors (Lipinski definition) is 1. The third-order valence-electron chi connectivity index (χ3n) is 5.25. The fourth-order valence-electron chi connectivity index (χ4n) is 3.52. The molecule has 1 aromatic carbocycles. The van der Waals surface area contributed by atoms with E-state index in [4.69, 9.17) is 0 Å². The highest BCUT2D eigenvalue weighted by atomic mass is 32.1. The first kappa shape index (κ1) is 19.0. The number of aryl methyl sites for hydroxylation is 1.